The number of hydrazone groups is 1. The molecule has 0 fully saturated rings. The predicted molar refractivity (Wildman–Crippen MR) is 108 cm³/mol. The first-order chi connectivity index (χ1) is 13.2. The lowest BCUT2D eigenvalue weighted by atomic mass is 9.96. The van der Waals surface area contributed by atoms with E-state index >= 15 is 0 Å². The fourth-order valence-corrected chi connectivity index (χ4v) is 4.12. The van der Waals surface area contributed by atoms with Gasteiger partial charge < -0.3 is 4.74 Å². The lowest BCUT2D eigenvalue weighted by Gasteiger charge is -2.38. The van der Waals surface area contributed by atoms with Crippen LogP contribution in [0.2, 0.25) is 10.0 Å². The highest BCUT2D eigenvalue weighted by atomic mass is 35.5. The van der Waals surface area contributed by atoms with Gasteiger partial charge in [-0.05, 0) is 35.9 Å². The Bertz CT molecular complexity index is 1040. The highest BCUT2D eigenvalue weighted by Crippen LogP contribution is 2.48. The quantitative estimate of drug-likeness (QED) is 0.513. The second kappa shape index (κ2) is 6.59. The van der Waals surface area contributed by atoms with Crippen LogP contribution in [0.1, 0.15) is 35.4 Å². The van der Waals surface area contributed by atoms with Crippen molar-refractivity contribution in [1.29, 1.82) is 0 Å². The molecule has 0 N–H and O–H groups in total. The zero-order valence-electron chi connectivity index (χ0n) is 14.3. The minimum absolute atomic E-state index is 0.0756. The average molecular weight is 395 g/mol. The summed E-state index contributed by atoms with van der Waals surface area (Å²) in [6, 6.07) is 23.9. The van der Waals surface area contributed by atoms with Crippen molar-refractivity contribution in [2.75, 3.05) is 0 Å². The maximum Gasteiger partial charge on any atom is 0.213 e. The van der Waals surface area contributed by atoms with Gasteiger partial charge in [-0.25, -0.2) is 5.01 Å². The molecule has 134 valence electrons. The first-order valence-corrected chi connectivity index (χ1v) is 9.57. The number of hydrogen-bond donors (Lipinski definition) is 0. The van der Waals surface area contributed by atoms with Crippen molar-refractivity contribution in [3.63, 3.8) is 0 Å². The summed E-state index contributed by atoms with van der Waals surface area (Å²) in [4.78, 5) is 0. The molecular formula is C22H16Cl2N2O. The number of benzene rings is 3. The summed E-state index contributed by atoms with van der Waals surface area (Å²) in [6.07, 6.45) is 0.473. The Labute approximate surface area is 167 Å². The third kappa shape index (κ3) is 2.97. The molecule has 2 atom stereocenters. The molecule has 2 aliphatic rings. The van der Waals surface area contributed by atoms with Gasteiger partial charge in [0.1, 0.15) is 5.75 Å². The molecular weight excluding hydrogens is 379 g/mol. The van der Waals surface area contributed by atoms with Crippen molar-refractivity contribution >= 4 is 28.9 Å². The van der Waals surface area contributed by atoms with Crippen molar-refractivity contribution in [3.05, 3.63) is 99.5 Å². The molecule has 2 heterocycles. The van der Waals surface area contributed by atoms with Crippen molar-refractivity contribution in [3.8, 4) is 5.75 Å². The lowest BCUT2D eigenvalue weighted by Crippen LogP contribution is -2.33. The van der Waals surface area contributed by atoms with Crippen molar-refractivity contribution < 1.29 is 4.74 Å². The minimum Gasteiger partial charge on any atom is -0.464 e. The lowest BCUT2D eigenvalue weighted by molar-refractivity contribution is -0.0190. The molecule has 0 bridgehead atoms. The monoisotopic (exact) mass is 394 g/mol. The molecule has 0 spiro atoms. The van der Waals surface area contributed by atoms with E-state index in [-0.39, 0.29) is 12.3 Å². The van der Waals surface area contributed by atoms with E-state index < -0.39 is 0 Å². The smallest absolute Gasteiger partial charge is 0.213 e. The van der Waals surface area contributed by atoms with Crippen LogP contribution in [0.15, 0.2) is 77.9 Å². The molecule has 3 aromatic rings. The standard InChI is InChI=1S/C22H16Cl2N2O/c23-16-8-4-7-15(11-16)22-26-20(18-12-17(24)9-10-21(18)27-22)13-19(25-26)14-5-2-1-3-6-14/h1-12,20,22H,13H2/t20-,22-/m1/s1. The fourth-order valence-electron chi connectivity index (χ4n) is 3.74. The van der Waals surface area contributed by atoms with Crippen LogP contribution in [0, 0.1) is 0 Å². The van der Waals surface area contributed by atoms with E-state index in [4.69, 9.17) is 33.0 Å². The summed E-state index contributed by atoms with van der Waals surface area (Å²) < 4.78 is 6.33. The first kappa shape index (κ1) is 16.7. The van der Waals surface area contributed by atoms with Gasteiger partial charge in [0.05, 0.1) is 11.8 Å². The van der Waals surface area contributed by atoms with E-state index in [9.17, 15) is 0 Å². The highest BCUT2D eigenvalue weighted by molar-refractivity contribution is 6.31. The molecule has 0 aliphatic carbocycles. The zero-order valence-corrected chi connectivity index (χ0v) is 15.9. The van der Waals surface area contributed by atoms with Crippen LogP contribution in [0.3, 0.4) is 0 Å². The third-order valence-electron chi connectivity index (χ3n) is 4.99. The Balaban J connectivity index is 1.62. The Morgan fingerprint density at radius 3 is 2.52 bits per heavy atom. The van der Waals surface area contributed by atoms with Crippen molar-refractivity contribution in [1.82, 2.24) is 5.01 Å². The van der Waals surface area contributed by atoms with Crippen LogP contribution in [0.4, 0.5) is 0 Å². The van der Waals surface area contributed by atoms with Gasteiger partial charge >= 0.3 is 0 Å². The maximum absolute atomic E-state index is 6.33. The molecule has 27 heavy (non-hydrogen) atoms. The molecule has 0 saturated heterocycles. The zero-order chi connectivity index (χ0) is 18.4. The van der Waals surface area contributed by atoms with Crippen molar-refractivity contribution in [2.45, 2.75) is 18.7 Å². The summed E-state index contributed by atoms with van der Waals surface area (Å²) in [6.45, 7) is 0. The SMILES string of the molecule is Clc1cccc([C@H]2Oc3ccc(Cl)cc3[C@H]3CC(c4ccccc4)=NN32)c1. The molecule has 0 aromatic heterocycles. The van der Waals surface area contributed by atoms with E-state index in [0.29, 0.717) is 10.0 Å². The van der Waals surface area contributed by atoms with Gasteiger partial charge in [-0.3, -0.25) is 0 Å². The van der Waals surface area contributed by atoms with Crippen LogP contribution in [-0.2, 0) is 0 Å². The van der Waals surface area contributed by atoms with Gasteiger partial charge in [-0.15, -0.1) is 0 Å². The van der Waals surface area contributed by atoms with E-state index in [1.54, 1.807) is 0 Å². The average Bonchev–Trinajstić information content (AvgIpc) is 3.14. The topological polar surface area (TPSA) is 24.8 Å². The summed E-state index contributed by atoms with van der Waals surface area (Å²) in [5, 5.41) is 8.35. The Morgan fingerprint density at radius 1 is 0.889 bits per heavy atom. The molecule has 5 rings (SSSR count). The van der Waals surface area contributed by atoms with Crippen molar-refractivity contribution in [2.24, 2.45) is 5.10 Å². The van der Waals surface area contributed by atoms with E-state index in [0.717, 1.165) is 34.6 Å². The molecule has 0 amide bonds. The third-order valence-corrected chi connectivity index (χ3v) is 5.46. The molecule has 0 radical (unpaired) electrons. The summed E-state index contributed by atoms with van der Waals surface area (Å²) in [5.74, 6) is 0.843. The molecule has 0 unspecified atom stereocenters. The van der Waals surface area contributed by atoms with Gasteiger partial charge in [0.2, 0.25) is 6.23 Å². The molecule has 0 saturated carbocycles. The van der Waals surface area contributed by atoms with Gasteiger partial charge in [0.15, 0.2) is 0 Å². The Hall–Kier alpha value is -2.49. The highest BCUT2D eigenvalue weighted by Gasteiger charge is 2.41. The number of nitrogens with zero attached hydrogens (tertiary/aromatic N) is 2. The number of rotatable bonds is 2. The number of fused-ring (bicyclic) bond motifs is 3. The minimum atomic E-state index is -0.330. The number of hydrogen-bond acceptors (Lipinski definition) is 3. The van der Waals surface area contributed by atoms with Crippen LogP contribution in [0.25, 0.3) is 0 Å². The van der Waals surface area contributed by atoms with Gasteiger partial charge in [-0.1, -0.05) is 65.7 Å². The largest absolute Gasteiger partial charge is 0.464 e. The normalized spacial score (nSPS) is 20.5. The van der Waals surface area contributed by atoms with E-state index in [1.807, 2.05) is 65.7 Å². The molecule has 3 nitrogen and oxygen atoms in total. The fraction of sp³-hybridized carbons (Fsp3) is 0.136. The Morgan fingerprint density at radius 2 is 1.70 bits per heavy atom. The number of ether oxygens (including phenoxy) is 1. The maximum atomic E-state index is 6.33. The molecule has 3 aromatic carbocycles. The second-order valence-corrected chi connectivity index (χ2v) is 7.59. The predicted octanol–water partition coefficient (Wildman–Crippen LogP) is 6.24. The van der Waals surface area contributed by atoms with Gasteiger partial charge in [0, 0.05) is 27.6 Å². The van der Waals surface area contributed by atoms with Crippen LogP contribution in [0.5, 0.6) is 5.75 Å². The van der Waals surface area contributed by atoms with Crippen LogP contribution < -0.4 is 4.74 Å². The number of halogens is 2. The van der Waals surface area contributed by atoms with E-state index in [2.05, 4.69) is 12.1 Å². The van der Waals surface area contributed by atoms with Crippen LogP contribution >= 0.6 is 23.2 Å². The first-order valence-electron chi connectivity index (χ1n) is 8.82. The van der Waals surface area contributed by atoms with Gasteiger partial charge in [0.25, 0.3) is 0 Å². The summed E-state index contributed by atoms with van der Waals surface area (Å²) in [5.41, 5.74) is 4.21. The molecule has 5 heteroatoms. The molecule has 2 aliphatic heterocycles. The summed E-state index contributed by atoms with van der Waals surface area (Å²) >= 11 is 12.5. The second-order valence-electron chi connectivity index (χ2n) is 6.72. The van der Waals surface area contributed by atoms with Crippen LogP contribution in [-0.4, -0.2) is 10.7 Å². The van der Waals surface area contributed by atoms with E-state index in [1.165, 1.54) is 0 Å². The summed E-state index contributed by atoms with van der Waals surface area (Å²) in [7, 11) is 0. The van der Waals surface area contributed by atoms with Gasteiger partial charge in [-0.2, -0.15) is 5.10 Å². The Kier molecular flexibility index (Phi) is 4.07.